The van der Waals surface area contributed by atoms with Crippen molar-refractivity contribution in [1.82, 2.24) is 10.2 Å². The number of hydrogen-bond donors (Lipinski definition) is 2. The van der Waals surface area contributed by atoms with E-state index in [0.29, 0.717) is 34.1 Å². The maximum atomic E-state index is 12.2. The number of aromatic nitrogens is 2. The number of anilines is 1. The van der Waals surface area contributed by atoms with E-state index in [4.69, 9.17) is 9.68 Å². The molecule has 7 heteroatoms. The molecule has 2 heterocycles. The van der Waals surface area contributed by atoms with Gasteiger partial charge < -0.3 is 9.73 Å². The highest BCUT2D eigenvalue weighted by molar-refractivity contribution is 6.03. The molecular formula is C21H14N4O3. The van der Waals surface area contributed by atoms with Crippen LogP contribution >= 0.6 is 0 Å². The van der Waals surface area contributed by atoms with Gasteiger partial charge in [0.05, 0.1) is 29.0 Å². The summed E-state index contributed by atoms with van der Waals surface area (Å²) in [6, 6.07) is 17.5. The number of rotatable bonds is 4. The van der Waals surface area contributed by atoms with Crippen molar-refractivity contribution in [3.63, 3.8) is 0 Å². The van der Waals surface area contributed by atoms with E-state index in [2.05, 4.69) is 21.6 Å². The van der Waals surface area contributed by atoms with Crippen molar-refractivity contribution in [2.45, 2.75) is 6.42 Å². The van der Waals surface area contributed by atoms with Crippen LogP contribution in [0.25, 0.3) is 10.8 Å². The molecule has 4 aromatic rings. The van der Waals surface area contributed by atoms with Crippen LogP contribution in [0.2, 0.25) is 0 Å². The summed E-state index contributed by atoms with van der Waals surface area (Å²) in [4.78, 5) is 24.4. The monoisotopic (exact) mass is 370 g/mol. The van der Waals surface area contributed by atoms with Gasteiger partial charge in [-0.2, -0.15) is 10.4 Å². The molecule has 0 bridgehead atoms. The smallest absolute Gasteiger partial charge is 0.291 e. The molecule has 28 heavy (non-hydrogen) atoms. The predicted octanol–water partition coefficient (Wildman–Crippen LogP) is 3.23. The third-order valence-electron chi connectivity index (χ3n) is 4.32. The largest absolute Gasteiger partial charge is 0.459 e. The van der Waals surface area contributed by atoms with Crippen LogP contribution in [0.15, 0.2) is 70.1 Å². The fraction of sp³-hybridized carbons (Fsp3) is 0.0476. The first-order valence-electron chi connectivity index (χ1n) is 8.49. The van der Waals surface area contributed by atoms with Gasteiger partial charge in [0.25, 0.3) is 11.5 Å². The maximum absolute atomic E-state index is 12.2. The molecule has 0 saturated carbocycles. The lowest BCUT2D eigenvalue weighted by molar-refractivity contribution is 0.0996. The Kier molecular flexibility index (Phi) is 4.44. The van der Waals surface area contributed by atoms with Crippen LogP contribution in [-0.2, 0) is 6.42 Å². The van der Waals surface area contributed by atoms with Gasteiger partial charge in [0.15, 0.2) is 5.76 Å². The van der Waals surface area contributed by atoms with Crippen LogP contribution in [0.3, 0.4) is 0 Å². The summed E-state index contributed by atoms with van der Waals surface area (Å²) in [6.45, 7) is 0. The number of amides is 1. The number of nitriles is 1. The van der Waals surface area contributed by atoms with Gasteiger partial charge in [-0.3, -0.25) is 9.59 Å². The van der Waals surface area contributed by atoms with Crippen LogP contribution in [-0.4, -0.2) is 16.1 Å². The minimum Gasteiger partial charge on any atom is -0.459 e. The Labute approximate surface area is 159 Å². The number of nitrogens with zero attached hydrogens (tertiary/aromatic N) is 2. The average molecular weight is 370 g/mol. The molecule has 136 valence electrons. The van der Waals surface area contributed by atoms with Crippen molar-refractivity contribution in [3.05, 3.63) is 93.8 Å². The lowest BCUT2D eigenvalue weighted by Crippen LogP contribution is -2.14. The summed E-state index contributed by atoms with van der Waals surface area (Å²) >= 11 is 0. The van der Waals surface area contributed by atoms with E-state index >= 15 is 0 Å². The Hall–Kier alpha value is -4.18. The molecule has 4 rings (SSSR count). The van der Waals surface area contributed by atoms with E-state index in [9.17, 15) is 9.59 Å². The first-order valence-corrected chi connectivity index (χ1v) is 8.49. The minimum absolute atomic E-state index is 0.185. The van der Waals surface area contributed by atoms with Gasteiger partial charge >= 0.3 is 0 Å². The molecule has 0 unspecified atom stereocenters. The molecule has 0 saturated heterocycles. The van der Waals surface area contributed by atoms with Crippen LogP contribution < -0.4 is 10.9 Å². The van der Waals surface area contributed by atoms with Crippen molar-refractivity contribution in [2.24, 2.45) is 0 Å². The molecule has 2 aromatic heterocycles. The number of nitrogens with one attached hydrogen (secondary N) is 2. The Morgan fingerprint density at radius 3 is 2.68 bits per heavy atom. The van der Waals surface area contributed by atoms with Gasteiger partial charge in [0.1, 0.15) is 0 Å². The van der Waals surface area contributed by atoms with Gasteiger partial charge in [-0.25, -0.2) is 5.10 Å². The molecule has 0 radical (unpaired) electrons. The van der Waals surface area contributed by atoms with Crippen LogP contribution in [0.1, 0.15) is 27.4 Å². The number of carbonyl (C=O) groups excluding carboxylic acids is 1. The molecule has 0 aliphatic carbocycles. The van der Waals surface area contributed by atoms with Crippen LogP contribution in [0, 0.1) is 11.3 Å². The number of aromatic amines is 1. The lowest BCUT2D eigenvalue weighted by atomic mass is 10.0. The standard InChI is InChI=1S/C21H14N4O3/c22-12-14-5-3-13(4-6-14)10-18-16-8-7-15(11-17(16)20(26)25-24-18)23-21(27)19-2-1-9-28-19/h1-9,11H,10H2,(H,23,27)(H,25,26). The van der Waals surface area contributed by atoms with Crippen molar-refractivity contribution in [1.29, 1.82) is 5.26 Å². The summed E-state index contributed by atoms with van der Waals surface area (Å²) in [5, 5.41) is 19.4. The summed E-state index contributed by atoms with van der Waals surface area (Å²) in [7, 11) is 0. The number of benzene rings is 2. The van der Waals surface area contributed by atoms with E-state index in [0.717, 1.165) is 5.56 Å². The first-order chi connectivity index (χ1) is 13.6. The third-order valence-corrected chi connectivity index (χ3v) is 4.32. The number of furan rings is 1. The topological polar surface area (TPSA) is 112 Å². The zero-order chi connectivity index (χ0) is 19.5. The SMILES string of the molecule is N#Cc1ccc(Cc2n[nH]c(=O)c3cc(NC(=O)c4ccco4)ccc23)cc1. The molecule has 0 spiro atoms. The average Bonchev–Trinajstić information content (AvgIpc) is 3.26. The summed E-state index contributed by atoms with van der Waals surface area (Å²) < 4.78 is 5.07. The highest BCUT2D eigenvalue weighted by Gasteiger charge is 2.12. The quantitative estimate of drug-likeness (QED) is 0.573. The molecular weight excluding hydrogens is 356 g/mol. The molecule has 2 N–H and O–H groups in total. The minimum atomic E-state index is -0.396. The highest BCUT2D eigenvalue weighted by Crippen LogP contribution is 2.21. The highest BCUT2D eigenvalue weighted by atomic mass is 16.3. The number of H-pyrrole nitrogens is 1. The number of hydrogen-bond acceptors (Lipinski definition) is 5. The van der Waals surface area contributed by atoms with E-state index in [1.54, 1.807) is 42.5 Å². The second-order valence-corrected chi connectivity index (χ2v) is 6.18. The zero-order valence-corrected chi connectivity index (χ0v) is 14.6. The van der Waals surface area contributed by atoms with E-state index in [1.165, 1.54) is 6.26 Å². The normalized spacial score (nSPS) is 10.5. The molecule has 0 atom stereocenters. The Bertz CT molecular complexity index is 1250. The van der Waals surface area contributed by atoms with Crippen molar-refractivity contribution < 1.29 is 9.21 Å². The number of fused-ring (bicyclic) bond motifs is 1. The molecule has 0 fully saturated rings. The van der Waals surface area contributed by atoms with E-state index < -0.39 is 5.91 Å². The molecule has 1 amide bonds. The van der Waals surface area contributed by atoms with E-state index in [-0.39, 0.29) is 11.3 Å². The third kappa shape index (κ3) is 3.39. The lowest BCUT2D eigenvalue weighted by Gasteiger charge is -2.08. The van der Waals surface area contributed by atoms with Gasteiger partial charge in [-0.05, 0) is 42.0 Å². The van der Waals surface area contributed by atoms with Crippen LogP contribution in [0.4, 0.5) is 5.69 Å². The Morgan fingerprint density at radius 1 is 1.14 bits per heavy atom. The summed E-state index contributed by atoms with van der Waals surface area (Å²) in [6.07, 6.45) is 1.91. The molecule has 0 aliphatic rings. The molecule has 0 aliphatic heterocycles. The second kappa shape index (κ2) is 7.21. The van der Waals surface area contributed by atoms with Crippen molar-refractivity contribution >= 4 is 22.4 Å². The van der Waals surface area contributed by atoms with Crippen molar-refractivity contribution in [2.75, 3.05) is 5.32 Å². The Morgan fingerprint density at radius 2 is 1.96 bits per heavy atom. The number of carbonyl (C=O) groups is 1. The first kappa shape index (κ1) is 17.2. The van der Waals surface area contributed by atoms with Gasteiger partial charge in [0.2, 0.25) is 0 Å². The summed E-state index contributed by atoms with van der Waals surface area (Å²) in [5.74, 6) is -0.210. The van der Waals surface area contributed by atoms with Gasteiger partial charge in [-0.15, -0.1) is 0 Å². The second-order valence-electron chi connectivity index (χ2n) is 6.18. The maximum Gasteiger partial charge on any atom is 0.291 e. The predicted molar refractivity (Wildman–Crippen MR) is 103 cm³/mol. The van der Waals surface area contributed by atoms with Gasteiger partial charge in [0, 0.05) is 17.5 Å². The van der Waals surface area contributed by atoms with Crippen molar-refractivity contribution in [3.8, 4) is 6.07 Å². The van der Waals surface area contributed by atoms with Crippen LogP contribution in [0.5, 0.6) is 0 Å². The van der Waals surface area contributed by atoms with E-state index in [1.807, 2.05) is 12.1 Å². The fourth-order valence-electron chi connectivity index (χ4n) is 2.93. The molecule has 7 nitrogen and oxygen atoms in total. The fourth-order valence-corrected chi connectivity index (χ4v) is 2.93. The summed E-state index contributed by atoms with van der Waals surface area (Å²) in [5.41, 5.74) is 2.39. The van der Waals surface area contributed by atoms with Gasteiger partial charge in [-0.1, -0.05) is 18.2 Å². The molecule has 2 aromatic carbocycles. The zero-order valence-electron chi connectivity index (χ0n) is 14.6. The Balaban J connectivity index is 1.66.